The smallest absolute Gasteiger partial charge is 0.343 e. The van der Waals surface area contributed by atoms with Crippen LogP contribution in [-0.4, -0.2) is 28.8 Å². The van der Waals surface area contributed by atoms with E-state index in [-0.39, 0.29) is 0 Å². The molecule has 0 radical (unpaired) electrons. The fourth-order valence-corrected chi connectivity index (χ4v) is 1.76. The maximum atomic E-state index is 10.8. The second-order valence-electron chi connectivity index (χ2n) is 4.65. The predicted octanol–water partition coefficient (Wildman–Crippen LogP) is 3.20. The zero-order valence-corrected chi connectivity index (χ0v) is 12.0. The van der Waals surface area contributed by atoms with Gasteiger partial charge >= 0.3 is 11.9 Å². The molecule has 5 nitrogen and oxygen atoms in total. The van der Waals surface area contributed by atoms with E-state index in [9.17, 15) is 9.59 Å². The number of carboxylic acids is 2. The number of aliphatic carboxylic acids is 2. The molecule has 1 aromatic rings. The van der Waals surface area contributed by atoms with E-state index in [1.54, 1.807) is 24.3 Å². The third-order valence-corrected chi connectivity index (χ3v) is 2.92. The number of hydrogen-bond acceptors (Lipinski definition) is 3. The molecule has 0 aliphatic heterocycles. The molecule has 0 bridgehead atoms. The van der Waals surface area contributed by atoms with Gasteiger partial charge in [0.25, 0.3) is 0 Å². The summed E-state index contributed by atoms with van der Waals surface area (Å²) in [5.74, 6) is -2.23. The summed E-state index contributed by atoms with van der Waals surface area (Å²) < 4.78 is 5.55. The standard InChI is InChI=1S/C16H20O5/c1-2-3-4-5-10-21-13-8-6-12(7-9-13)11-14(15(17)18)16(19)20/h6-9,11H,2-5,10H2,1H3,(H,17,18)(H,19,20). The Labute approximate surface area is 123 Å². The molecular formula is C16H20O5. The average Bonchev–Trinajstić information content (AvgIpc) is 2.45. The molecule has 0 atom stereocenters. The van der Waals surface area contributed by atoms with Crippen LogP contribution in [0.1, 0.15) is 38.2 Å². The molecule has 0 aliphatic carbocycles. The third kappa shape index (κ3) is 6.12. The molecular weight excluding hydrogens is 272 g/mol. The van der Waals surface area contributed by atoms with E-state index in [2.05, 4.69) is 6.92 Å². The van der Waals surface area contributed by atoms with Crippen molar-refractivity contribution in [3.05, 3.63) is 35.4 Å². The van der Waals surface area contributed by atoms with Gasteiger partial charge in [-0.25, -0.2) is 9.59 Å². The van der Waals surface area contributed by atoms with Crippen LogP contribution in [0.2, 0.25) is 0 Å². The van der Waals surface area contributed by atoms with Crippen molar-refractivity contribution in [1.29, 1.82) is 0 Å². The van der Waals surface area contributed by atoms with Crippen LogP contribution >= 0.6 is 0 Å². The van der Waals surface area contributed by atoms with E-state index in [1.165, 1.54) is 12.8 Å². The first-order valence-electron chi connectivity index (χ1n) is 6.95. The van der Waals surface area contributed by atoms with Crippen molar-refractivity contribution >= 4 is 18.0 Å². The van der Waals surface area contributed by atoms with Gasteiger partial charge in [-0.05, 0) is 30.2 Å². The fraction of sp³-hybridized carbons (Fsp3) is 0.375. The summed E-state index contributed by atoms with van der Waals surface area (Å²) in [6.45, 7) is 2.79. The van der Waals surface area contributed by atoms with E-state index in [0.29, 0.717) is 17.9 Å². The highest BCUT2D eigenvalue weighted by molar-refractivity contribution is 6.16. The monoisotopic (exact) mass is 292 g/mol. The van der Waals surface area contributed by atoms with Gasteiger partial charge in [0, 0.05) is 0 Å². The molecule has 0 amide bonds. The van der Waals surface area contributed by atoms with Gasteiger partial charge in [0.1, 0.15) is 11.3 Å². The van der Waals surface area contributed by atoms with E-state index in [0.717, 1.165) is 18.9 Å². The molecule has 0 heterocycles. The minimum absolute atomic E-state index is 0.508. The number of rotatable bonds is 9. The maximum Gasteiger partial charge on any atom is 0.343 e. The van der Waals surface area contributed by atoms with E-state index in [4.69, 9.17) is 14.9 Å². The Bertz CT molecular complexity index is 486. The third-order valence-electron chi connectivity index (χ3n) is 2.92. The lowest BCUT2D eigenvalue weighted by Crippen LogP contribution is -2.10. The van der Waals surface area contributed by atoms with Crippen molar-refractivity contribution in [3.8, 4) is 5.75 Å². The van der Waals surface area contributed by atoms with Gasteiger partial charge in [-0.15, -0.1) is 0 Å². The first-order valence-corrected chi connectivity index (χ1v) is 6.95. The quantitative estimate of drug-likeness (QED) is 0.316. The van der Waals surface area contributed by atoms with Crippen LogP contribution in [0.15, 0.2) is 29.8 Å². The molecule has 2 N–H and O–H groups in total. The molecule has 0 saturated heterocycles. The van der Waals surface area contributed by atoms with Crippen LogP contribution in [0.3, 0.4) is 0 Å². The molecule has 114 valence electrons. The SMILES string of the molecule is CCCCCCOc1ccc(C=C(C(=O)O)C(=O)O)cc1. The molecule has 0 aromatic heterocycles. The highest BCUT2D eigenvalue weighted by Gasteiger charge is 2.15. The van der Waals surface area contributed by atoms with Gasteiger partial charge < -0.3 is 14.9 Å². The molecule has 0 unspecified atom stereocenters. The summed E-state index contributed by atoms with van der Waals surface area (Å²) in [5.41, 5.74) is -0.156. The second kappa shape index (κ2) is 8.79. The second-order valence-corrected chi connectivity index (χ2v) is 4.65. The minimum Gasteiger partial charge on any atom is -0.494 e. The van der Waals surface area contributed by atoms with Crippen LogP contribution in [0.5, 0.6) is 5.75 Å². The van der Waals surface area contributed by atoms with Gasteiger partial charge in [-0.1, -0.05) is 38.3 Å². The molecule has 5 heteroatoms. The fourth-order valence-electron chi connectivity index (χ4n) is 1.76. The molecule has 1 aromatic carbocycles. The number of benzene rings is 1. The first kappa shape index (κ1) is 16.8. The predicted molar refractivity (Wildman–Crippen MR) is 79.3 cm³/mol. The van der Waals surface area contributed by atoms with Crippen molar-refractivity contribution < 1.29 is 24.5 Å². The summed E-state index contributed by atoms with van der Waals surface area (Å²) >= 11 is 0. The summed E-state index contributed by atoms with van der Waals surface area (Å²) in [6, 6.07) is 6.67. The lowest BCUT2D eigenvalue weighted by Gasteiger charge is -2.06. The normalized spacial score (nSPS) is 9.95. The van der Waals surface area contributed by atoms with Crippen molar-refractivity contribution in [3.63, 3.8) is 0 Å². The Kier molecular flexibility index (Phi) is 7.01. The Balaban J connectivity index is 2.59. The van der Waals surface area contributed by atoms with Crippen molar-refractivity contribution in [2.45, 2.75) is 32.6 Å². The largest absolute Gasteiger partial charge is 0.494 e. The number of ether oxygens (including phenoxy) is 1. The lowest BCUT2D eigenvalue weighted by molar-refractivity contribution is -0.140. The van der Waals surface area contributed by atoms with Crippen molar-refractivity contribution in [1.82, 2.24) is 0 Å². The topological polar surface area (TPSA) is 83.8 Å². The Morgan fingerprint density at radius 2 is 1.67 bits per heavy atom. The summed E-state index contributed by atoms with van der Waals surface area (Å²) in [4.78, 5) is 21.5. The first-order chi connectivity index (χ1) is 10.0. The molecule has 0 aliphatic rings. The van der Waals surface area contributed by atoms with Gasteiger partial charge in [0.15, 0.2) is 0 Å². The van der Waals surface area contributed by atoms with Crippen LogP contribution < -0.4 is 4.74 Å². The van der Waals surface area contributed by atoms with Gasteiger partial charge in [-0.2, -0.15) is 0 Å². The summed E-state index contributed by atoms with van der Waals surface area (Å²) in [5, 5.41) is 17.5. The van der Waals surface area contributed by atoms with Crippen molar-refractivity contribution in [2.24, 2.45) is 0 Å². The van der Waals surface area contributed by atoms with Crippen LogP contribution in [0.4, 0.5) is 0 Å². The Hall–Kier alpha value is -2.30. The van der Waals surface area contributed by atoms with E-state index in [1.807, 2.05) is 0 Å². The minimum atomic E-state index is -1.46. The Morgan fingerprint density at radius 1 is 1.05 bits per heavy atom. The van der Waals surface area contributed by atoms with E-state index < -0.39 is 17.5 Å². The summed E-state index contributed by atoms with van der Waals surface area (Å²) in [6.07, 6.45) is 5.63. The molecule has 21 heavy (non-hydrogen) atoms. The van der Waals surface area contributed by atoms with Crippen LogP contribution in [-0.2, 0) is 9.59 Å². The number of carboxylic acid groups (broad SMARTS) is 2. The average molecular weight is 292 g/mol. The van der Waals surface area contributed by atoms with Crippen LogP contribution in [0, 0.1) is 0 Å². The van der Waals surface area contributed by atoms with Gasteiger partial charge in [-0.3, -0.25) is 0 Å². The highest BCUT2D eigenvalue weighted by Crippen LogP contribution is 2.15. The lowest BCUT2D eigenvalue weighted by atomic mass is 10.1. The molecule has 0 spiro atoms. The number of carbonyl (C=O) groups is 2. The maximum absolute atomic E-state index is 10.8. The molecule has 0 saturated carbocycles. The zero-order chi connectivity index (χ0) is 15.7. The van der Waals surface area contributed by atoms with Crippen molar-refractivity contribution in [2.75, 3.05) is 6.61 Å². The van der Waals surface area contributed by atoms with Gasteiger partial charge in [0.2, 0.25) is 0 Å². The zero-order valence-electron chi connectivity index (χ0n) is 12.0. The molecule has 0 fully saturated rings. The van der Waals surface area contributed by atoms with Gasteiger partial charge in [0.05, 0.1) is 6.61 Å². The molecule has 1 rings (SSSR count). The summed E-state index contributed by atoms with van der Waals surface area (Å²) in [7, 11) is 0. The van der Waals surface area contributed by atoms with Crippen LogP contribution in [0.25, 0.3) is 6.08 Å². The number of hydrogen-bond donors (Lipinski definition) is 2. The number of unbranched alkanes of at least 4 members (excludes halogenated alkanes) is 3. The Morgan fingerprint density at radius 3 is 2.19 bits per heavy atom. The van der Waals surface area contributed by atoms with E-state index >= 15 is 0 Å². The highest BCUT2D eigenvalue weighted by atomic mass is 16.5.